The molecule has 1 saturated heterocycles. The van der Waals surface area contributed by atoms with E-state index in [1.807, 2.05) is 0 Å². The predicted octanol–water partition coefficient (Wildman–Crippen LogP) is 2.96. The molecule has 0 atom stereocenters. The highest BCUT2D eigenvalue weighted by Gasteiger charge is 2.36. The summed E-state index contributed by atoms with van der Waals surface area (Å²) in [5.41, 5.74) is 0.183. The van der Waals surface area contributed by atoms with Gasteiger partial charge in [0.05, 0.1) is 12.0 Å². The van der Waals surface area contributed by atoms with Crippen LogP contribution in [0.1, 0.15) is 61.7 Å². The summed E-state index contributed by atoms with van der Waals surface area (Å²) in [5.74, 6) is -1.25. The van der Waals surface area contributed by atoms with Crippen LogP contribution in [0.4, 0.5) is 5.69 Å². The Morgan fingerprint density at radius 1 is 1.11 bits per heavy atom. The van der Waals surface area contributed by atoms with Gasteiger partial charge >= 0.3 is 5.97 Å². The van der Waals surface area contributed by atoms with Crippen LogP contribution in [0.25, 0.3) is 0 Å². The van der Waals surface area contributed by atoms with E-state index >= 15 is 0 Å². The quantitative estimate of drug-likeness (QED) is 0.695. The summed E-state index contributed by atoms with van der Waals surface area (Å²) in [6, 6.07) is 6.79. The van der Waals surface area contributed by atoms with Gasteiger partial charge in [0.25, 0.3) is 5.91 Å². The molecular formula is C21H28N2O5. The number of rotatable bonds is 6. The molecule has 1 heterocycles. The first-order chi connectivity index (χ1) is 13.5. The monoisotopic (exact) mass is 388 g/mol. The number of benzene rings is 1. The minimum Gasteiger partial charge on any atom is -0.481 e. The Hall–Kier alpha value is -2.41. The highest BCUT2D eigenvalue weighted by Crippen LogP contribution is 2.27. The molecule has 3 rings (SSSR count). The SMILES string of the molecule is O=C(O)CC1(NC(=O)c2cccc(NC(=O)C3CCCCC3)c2)CCOCC1. The normalized spacial score (nSPS) is 19.6. The molecule has 1 aliphatic heterocycles. The fraction of sp³-hybridized carbons (Fsp3) is 0.571. The fourth-order valence-corrected chi connectivity index (χ4v) is 4.06. The highest BCUT2D eigenvalue weighted by atomic mass is 16.5. The molecule has 3 N–H and O–H groups in total. The topological polar surface area (TPSA) is 105 Å². The van der Waals surface area contributed by atoms with Gasteiger partial charge in [-0.15, -0.1) is 0 Å². The molecular weight excluding hydrogens is 360 g/mol. The van der Waals surface area contributed by atoms with Gasteiger partial charge in [-0.1, -0.05) is 25.3 Å². The molecule has 0 spiro atoms. The summed E-state index contributed by atoms with van der Waals surface area (Å²) in [4.78, 5) is 36.5. The lowest BCUT2D eigenvalue weighted by molar-refractivity contribution is -0.139. The number of anilines is 1. The number of hydrogen-bond donors (Lipinski definition) is 3. The average molecular weight is 388 g/mol. The van der Waals surface area contributed by atoms with Crippen LogP contribution in [0.15, 0.2) is 24.3 Å². The molecule has 152 valence electrons. The van der Waals surface area contributed by atoms with Crippen molar-refractivity contribution in [3.8, 4) is 0 Å². The number of carbonyl (C=O) groups is 3. The zero-order valence-electron chi connectivity index (χ0n) is 16.0. The number of carbonyl (C=O) groups excluding carboxylic acids is 2. The number of amides is 2. The Kier molecular flexibility index (Phi) is 6.67. The van der Waals surface area contributed by atoms with Gasteiger partial charge in [0, 0.05) is 30.4 Å². The first-order valence-electron chi connectivity index (χ1n) is 10.0. The zero-order valence-corrected chi connectivity index (χ0v) is 16.0. The first-order valence-corrected chi connectivity index (χ1v) is 10.0. The van der Waals surface area contributed by atoms with Crippen LogP contribution < -0.4 is 10.6 Å². The van der Waals surface area contributed by atoms with Crippen LogP contribution in [0.2, 0.25) is 0 Å². The number of aliphatic carboxylic acids is 1. The van der Waals surface area contributed by atoms with Crippen molar-refractivity contribution in [2.75, 3.05) is 18.5 Å². The van der Waals surface area contributed by atoms with E-state index in [1.54, 1.807) is 24.3 Å². The summed E-state index contributed by atoms with van der Waals surface area (Å²) in [6.07, 6.45) is 5.94. The van der Waals surface area contributed by atoms with Gasteiger partial charge in [-0.25, -0.2) is 0 Å². The van der Waals surface area contributed by atoms with Crippen molar-refractivity contribution in [1.29, 1.82) is 0 Å². The van der Waals surface area contributed by atoms with Crippen LogP contribution in [0, 0.1) is 5.92 Å². The molecule has 0 bridgehead atoms. The minimum absolute atomic E-state index is 0.00374. The van der Waals surface area contributed by atoms with Crippen LogP contribution in [0.5, 0.6) is 0 Å². The lowest BCUT2D eigenvalue weighted by Crippen LogP contribution is -2.53. The van der Waals surface area contributed by atoms with Crippen molar-refractivity contribution in [2.24, 2.45) is 5.92 Å². The van der Waals surface area contributed by atoms with E-state index in [0.29, 0.717) is 37.3 Å². The van der Waals surface area contributed by atoms with Gasteiger partial charge in [-0.3, -0.25) is 14.4 Å². The van der Waals surface area contributed by atoms with Crippen LogP contribution in [-0.2, 0) is 14.3 Å². The van der Waals surface area contributed by atoms with Gasteiger partial charge in [-0.05, 0) is 43.9 Å². The second-order valence-corrected chi connectivity index (χ2v) is 7.82. The van der Waals surface area contributed by atoms with Crippen molar-refractivity contribution in [3.05, 3.63) is 29.8 Å². The van der Waals surface area contributed by atoms with Crippen LogP contribution in [0.3, 0.4) is 0 Å². The van der Waals surface area contributed by atoms with Crippen molar-refractivity contribution >= 4 is 23.5 Å². The van der Waals surface area contributed by atoms with E-state index in [-0.39, 0.29) is 24.2 Å². The van der Waals surface area contributed by atoms with E-state index in [1.165, 1.54) is 6.42 Å². The Morgan fingerprint density at radius 3 is 2.50 bits per heavy atom. The lowest BCUT2D eigenvalue weighted by Gasteiger charge is -2.36. The van der Waals surface area contributed by atoms with Gasteiger partial charge < -0.3 is 20.5 Å². The maximum atomic E-state index is 12.8. The Balaban J connectivity index is 1.67. The third kappa shape index (κ3) is 5.32. The zero-order chi connectivity index (χ0) is 20.0. The van der Waals surface area contributed by atoms with Crippen LogP contribution in [-0.4, -0.2) is 41.6 Å². The van der Waals surface area contributed by atoms with Gasteiger partial charge in [0.1, 0.15) is 0 Å². The number of carboxylic acids is 1. The van der Waals surface area contributed by atoms with E-state index < -0.39 is 11.5 Å². The van der Waals surface area contributed by atoms with E-state index in [2.05, 4.69) is 10.6 Å². The number of ether oxygens (including phenoxy) is 1. The molecule has 28 heavy (non-hydrogen) atoms. The molecule has 2 amide bonds. The molecule has 2 fully saturated rings. The highest BCUT2D eigenvalue weighted by molar-refractivity contribution is 5.98. The molecule has 7 nitrogen and oxygen atoms in total. The van der Waals surface area contributed by atoms with Gasteiger partial charge in [-0.2, -0.15) is 0 Å². The number of nitrogens with one attached hydrogen (secondary N) is 2. The third-order valence-electron chi connectivity index (χ3n) is 5.69. The smallest absolute Gasteiger partial charge is 0.305 e. The molecule has 1 aliphatic carbocycles. The standard InChI is InChI=1S/C21H28N2O5/c24-18(25)14-21(9-11-28-12-10-21)23-20(27)16-7-4-8-17(13-16)22-19(26)15-5-2-1-3-6-15/h4,7-8,13,15H,1-3,5-6,9-12,14H2,(H,22,26)(H,23,27)(H,24,25). The van der Waals surface area contributed by atoms with Gasteiger partial charge in [0.2, 0.25) is 5.91 Å². The van der Waals surface area contributed by atoms with Crippen molar-refractivity contribution in [1.82, 2.24) is 5.32 Å². The second-order valence-electron chi connectivity index (χ2n) is 7.82. The molecule has 0 radical (unpaired) electrons. The largest absolute Gasteiger partial charge is 0.481 e. The predicted molar refractivity (Wildman–Crippen MR) is 104 cm³/mol. The van der Waals surface area contributed by atoms with Crippen molar-refractivity contribution in [3.63, 3.8) is 0 Å². The summed E-state index contributed by atoms with van der Waals surface area (Å²) in [5, 5.41) is 15.1. The minimum atomic E-state index is -0.948. The van der Waals surface area contributed by atoms with E-state index in [0.717, 1.165) is 25.7 Å². The molecule has 0 unspecified atom stereocenters. The summed E-state index contributed by atoms with van der Waals surface area (Å²) < 4.78 is 5.32. The van der Waals surface area contributed by atoms with Crippen LogP contribution >= 0.6 is 0 Å². The molecule has 7 heteroatoms. The second kappa shape index (κ2) is 9.19. The van der Waals surface area contributed by atoms with Crippen molar-refractivity contribution in [2.45, 2.75) is 56.9 Å². The first kappa shape index (κ1) is 20.3. The maximum absolute atomic E-state index is 12.8. The van der Waals surface area contributed by atoms with Gasteiger partial charge in [0.15, 0.2) is 0 Å². The summed E-state index contributed by atoms with van der Waals surface area (Å²) >= 11 is 0. The Labute approximate surface area is 164 Å². The third-order valence-corrected chi connectivity index (χ3v) is 5.69. The molecule has 1 saturated carbocycles. The number of hydrogen-bond acceptors (Lipinski definition) is 4. The Bertz CT molecular complexity index is 721. The number of carboxylic acid groups (broad SMARTS) is 1. The van der Waals surface area contributed by atoms with E-state index in [4.69, 9.17) is 4.74 Å². The molecule has 0 aromatic heterocycles. The Morgan fingerprint density at radius 2 is 1.82 bits per heavy atom. The van der Waals surface area contributed by atoms with E-state index in [9.17, 15) is 19.5 Å². The molecule has 2 aliphatic rings. The summed E-state index contributed by atoms with van der Waals surface area (Å²) in [7, 11) is 0. The maximum Gasteiger partial charge on any atom is 0.305 e. The lowest BCUT2D eigenvalue weighted by atomic mass is 9.86. The summed E-state index contributed by atoms with van der Waals surface area (Å²) in [6.45, 7) is 0.843. The fourth-order valence-electron chi connectivity index (χ4n) is 4.06. The van der Waals surface area contributed by atoms with Crippen molar-refractivity contribution < 1.29 is 24.2 Å². The molecule has 1 aromatic carbocycles. The average Bonchev–Trinajstić information content (AvgIpc) is 2.69. The molecule has 1 aromatic rings.